The largest absolute Gasteiger partial charge is 0.465 e. The number of nitrogens with one attached hydrogen (secondary N) is 1. The Balaban J connectivity index is 2.23. The molecular weight excluding hydrogens is 278 g/mol. The summed E-state index contributed by atoms with van der Waals surface area (Å²) in [5, 5.41) is 0. The van der Waals surface area contributed by atoms with Crippen molar-refractivity contribution in [3.8, 4) is 0 Å². The molecule has 1 aromatic carbocycles. The Labute approximate surface area is 119 Å². The van der Waals surface area contributed by atoms with Crippen LogP contribution in [0.25, 0.3) is 0 Å². The number of hydrogen-bond acceptors (Lipinski definition) is 4. The third-order valence-corrected chi connectivity index (χ3v) is 5.29. The second-order valence-corrected chi connectivity index (χ2v) is 7.21. The van der Waals surface area contributed by atoms with Gasteiger partial charge in [-0.1, -0.05) is 25.5 Å². The minimum atomic E-state index is -3.71. The molecule has 0 radical (unpaired) electrons. The first kappa shape index (κ1) is 15.0. The number of benzene rings is 1. The van der Waals surface area contributed by atoms with Gasteiger partial charge in [-0.25, -0.2) is 17.9 Å². The van der Waals surface area contributed by atoms with Crippen LogP contribution in [0.2, 0.25) is 0 Å². The second-order valence-electron chi connectivity index (χ2n) is 5.48. The van der Waals surface area contributed by atoms with Gasteiger partial charge >= 0.3 is 5.97 Å². The van der Waals surface area contributed by atoms with Crippen LogP contribution in [0.4, 0.5) is 0 Å². The normalized spacial score (nSPS) is 17.3. The maximum Gasteiger partial charge on any atom is 0.339 e. The fraction of sp³-hybridized carbons (Fsp3) is 0.500. The minimum Gasteiger partial charge on any atom is -0.465 e. The maximum absolute atomic E-state index is 12.3. The Kier molecular flexibility index (Phi) is 4.15. The molecule has 0 spiro atoms. The van der Waals surface area contributed by atoms with Crippen LogP contribution in [0.5, 0.6) is 0 Å². The Hall–Kier alpha value is -1.40. The zero-order chi connectivity index (χ0) is 14.8. The van der Waals surface area contributed by atoms with Crippen molar-refractivity contribution in [1.82, 2.24) is 4.72 Å². The van der Waals surface area contributed by atoms with Gasteiger partial charge in [0.25, 0.3) is 0 Å². The van der Waals surface area contributed by atoms with Crippen LogP contribution in [-0.4, -0.2) is 28.0 Å². The Morgan fingerprint density at radius 2 is 2.00 bits per heavy atom. The highest BCUT2D eigenvalue weighted by atomic mass is 32.2. The minimum absolute atomic E-state index is 0.0326. The molecule has 1 fully saturated rings. The SMILES string of the molecule is COC(=O)c1ccccc1S(=O)(=O)NCC1(C)CCC1. The number of sulfonamides is 1. The van der Waals surface area contributed by atoms with Crippen molar-refractivity contribution in [3.63, 3.8) is 0 Å². The summed E-state index contributed by atoms with van der Waals surface area (Å²) in [6, 6.07) is 6.06. The van der Waals surface area contributed by atoms with Crippen LogP contribution in [0.15, 0.2) is 29.2 Å². The first-order chi connectivity index (χ1) is 9.38. The van der Waals surface area contributed by atoms with Gasteiger partial charge in [0, 0.05) is 6.54 Å². The molecule has 0 saturated heterocycles. The van der Waals surface area contributed by atoms with Crippen molar-refractivity contribution in [1.29, 1.82) is 0 Å². The van der Waals surface area contributed by atoms with Crippen LogP contribution in [0, 0.1) is 5.41 Å². The maximum atomic E-state index is 12.3. The average Bonchev–Trinajstić information content (AvgIpc) is 2.42. The molecule has 6 heteroatoms. The summed E-state index contributed by atoms with van der Waals surface area (Å²) >= 11 is 0. The number of hydrogen-bond donors (Lipinski definition) is 1. The molecule has 20 heavy (non-hydrogen) atoms. The number of carbonyl (C=O) groups is 1. The zero-order valence-electron chi connectivity index (χ0n) is 11.7. The molecule has 1 aromatic rings. The summed E-state index contributed by atoms with van der Waals surface area (Å²) in [7, 11) is -2.48. The van der Waals surface area contributed by atoms with E-state index in [-0.39, 0.29) is 15.9 Å². The lowest BCUT2D eigenvalue weighted by Gasteiger charge is -2.38. The van der Waals surface area contributed by atoms with Crippen molar-refractivity contribution in [2.75, 3.05) is 13.7 Å². The first-order valence-electron chi connectivity index (χ1n) is 6.55. The summed E-state index contributed by atoms with van der Waals surface area (Å²) in [5.41, 5.74) is 0.0917. The molecule has 0 bridgehead atoms. The van der Waals surface area contributed by atoms with Gasteiger partial charge in [0.2, 0.25) is 10.0 Å². The highest BCUT2D eigenvalue weighted by Crippen LogP contribution is 2.39. The van der Waals surface area contributed by atoms with E-state index in [9.17, 15) is 13.2 Å². The number of carbonyl (C=O) groups excluding carboxylic acids is 1. The molecule has 1 aliphatic rings. The van der Waals surface area contributed by atoms with Gasteiger partial charge in [0.15, 0.2) is 0 Å². The Bertz CT molecular complexity index is 605. The molecule has 110 valence electrons. The van der Waals surface area contributed by atoms with Crippen LogP contribution in [0.3, 0.4) is 0 Å². The van der Waals surface area contributed by atoms with E-state index in [2.05, 4.69) is 16.4 Å². The molecule has 0 aromatic heterocycles. The molecule has 0 unspecified atom stereocenters. The molecule has 5 nitrogen and oxygen atoms in total. The molecule has 0 atom stereocenters. The highest BCUT2D eigenvalue weighted by molar-refractivity contribution is 7.89. The standard InChI is InChI=1S/C14H19NO4S/c1-14(8-5-9-14)10-15-20(17,18)12-7-4-3-6-11(12)13(16)19-2/h3-4,6-7,15H,5,8-10H2,1-2H3. The van der Waals surface area contributed by atoms with Crippen LogP contribution >= 0.6 is 0 Å². The molecule has 1 saturated carbocycles. The molecule has 2 rings (SSSR count). The van der Waals surface area contributed by atoms with E-state index in [0.717, 1.165) is 19.3 Å². The monoisotopic (exact) mass is 297 g/mol. The lowest BCUT2D eigenvalue weighted by Crippen LogP contribution is -2.40. The van der Waals surface area contributed by atoms with E-state index in [1.807, 2.05) is 0 Å². The average molecular weight is 297 g/mol. The van der Waals surface area contributed by atoms with Gasteiger partial charge in [0.05, 0.1) is 17.6 Å². The molecule has 0 amide bonds. The third kappa shape index (κ3) is 3.02. The van der Waals surface area contributed by atoms with Crippen LogP contribution < -0.4 is 4.72 Å². The van der Waals surface area contributed by atoms with E-state index in [1.54, 1.807) is 12.1 Å². The fourth-order valence-corrected chi connectivity index (χ4v) is 3.68. The number of rotatable bonds is 5. The summed E-state index contributed by atoms with van der Waals surface area (Å²) in [4.78, 5) is 11.6. The van der Waals surface area contributed by atoms with E-state index < -0.39 is 16.0 Å². The van der Waals surface area contributed by atoms with Gasteiger partial charge in [-0.05, 0) is 30.4 Å². The van der Waals surface area contributed by atoms with Gasteiger partial charge < -0.3 is 4.74 Å². The number of esters is 1. The highest BCUT2D eigenvalue weighted by Gasteiger charge is 2.33. The van der Waals surface area contributed by atoms with Gasteiger partial charge in [-0.3, -0.25) is 0 Å². The predicted octanol–water partition coefficient (Wildman–Crippen LogP) is 1.94. The van der Waals surface area contributed by atoms with Crippen LogP contribution in [0.1, 0.15) is 36.5 Å². The second kappa shape index (κ2) is 5.54. The molecular formula is C14H19NO4S. The first-order valence-corrected chi connectivity index (χ1v) is 8.03. The molecule has 0 aliphatic heterocycles. The van der Waals surface area contributed by atoms with Gasteiger partial charge in [-0.2, -0.15) is 0 Å². The Morgan fingerprint density at radius 3 is 2.55 bits per heavy atom. The summed E-state index contributed by atoms with van der Waals surface area (Å²) in [5.74, 6) is -0.652. The smallest absolute Gasteiger partial charge is 0.339 e. The predicted molar refractivity (Wildman–Crippen MR) is 74.9 cm³/mol. The lowest BCUT2D eigenvalue weighted by atomic mass is 9.71. The zero-order valence-corrected chi connectivity index (χ0v) is 12.5. The van der Waals surface area contributed by atoms with Crippen molar-refractivity contribution in [2.24, 2.45) is 5.41 Å². The van der Waals surface area contributed by atoms with Gasteiger partial charge in [0.1, 0.15) is 0 Å². The quantitative estimate of drug-likeness (QED) is 0.843. The summed E-state index contributed by atoms with van der Waals surface area (Å²) in [6.45, 7) is 2.45. The van der Waals surface area contributed by atoms with Crippen molar-refractivity contribution in [2.45, 2.75) is 31.1 Å². The topological polar surface area (TPSA) is 72.5 Å². The van der Waals surface area contributed by atoms with Gasteiger partial charge in [-0.15, -0.1) is 0 Å². The van der Waals surface area contributed by atoms with E-state index in [0.29, 0.717) is 6.54 Å². The van der Waals surface area contributed by atoms with Crippen LogP contribution in [-0.2, 0) is 14.8 Å². The van der Waals surface area contributed by atoms with E-state index in [1.165, 1.54) is 19.2 Å². The number of ether oxygens (including phenoxy) is 1. The molecule has 0 heterocycles. The van der Waals surface area contributed by atoms with Crippen molar-refractivity contribution < 1.29 is 17.9 Å². The molecule has 1 N–H and O–H groups in total. The molecule has 1 aliphatic carbocycles. The third-order valence-electron chi connectivity index (χ3n) is 3.83. The van der Waals surface area contributed by atoms with Crippen molar-refractivity contribution in [3.05, 3.63) is 29.8 Å². The van der Waals surface area contributed by atoms with Crippen molar-refractivity contribution >= 4 is 16.0 Å². The Morgan fingerprint density at radius 1 is 1.35 bits per heavy atom. The lowest BCUT2D eigenvalue weighted by molar-refractivity contribution is 0.0596. The van der Waals surface area contributed by atoms with E-state index in [4.69, 9.17) is 0 Å². The summed E-state index contributed by atoms with van der Waals surface area (Å²) in [6.07, 6.45) is 3.18. The summed E-state index contributed by atoms with van der Waals surface area (Å²) < 4.78 is 31.9. The number of methoxy groups -OCH3 is 1. The fourth-order valence-electron chi connectivity index (χ4n) is 2.28. The van der Waals surface area contributed by atoms with E-state index >= 15 is 0 Å².